The molecule has 0 spiro atoms. The molecule has 1 aliphatic carbocycles. The van der Waals surface area contributed by atoms with Gasteiger partial charge in [0.1, 0.15) is 0 Å². The van der Waals surface area contributed by atoms with Crippen LogP contribution in [0, 0.1) is 5.41 Å². The summed E-state index contributed by atoms with van der Waals surface area (Å²) < 4.78 is 0. The minimum Gasteiger partial charge on any atom is -0.481 e. The van der Waals surface area contributed by atoms with Gasteiger partial charge in [-0.3, -0.25) is 4.79 Å². The van der Waals surface area contributed by atoms with E-state index in [1.807, 2.05) is 24.3 Å². The van der Waals surface area contributed by atoms with Crippen molar-refractivity contribution in [2.24, 2.45) is 5.41 Å². The molecule has 1 aliphatic rings. The number of carbonyl (C=O) groups is 1. The molecule has 1 heterocycles. The number of nitrogens with one attached hydrogen (secondary N) is 1. The molecule has 0 atom stereocenters. The van der Waals surface area contributed by atoms with Gasteiger partial charge in [-0.15, -0.1) is 0 Å². The first-order valence-corrected chi connectivity index (χ1v) is 6.39. The molecule has 5 heteroatoms. The average molecular weight is 257 g/mol. The van der Waals surface area contributed by atoms with Gasteiger partial charge in [0.2, 0.25) is 0 Å². The van der Waals surface area contributed by atoms with Crippen LogP contribution in [0.2, 0.25) is 0 Å². The molecule has 1 fully saturated rings. The standard InChI is InChI=1S/C14H15N3O2/c18-13(19)14(6-3-7-14)9-15-12-8-16-17-11-5-2-1-4-10(11)12/h1-2,4-5,8H,3,6-7,9H2,(H,15,17)(H,18,19). The topological polar surface area (TPSA) is 75.1 Å². The van der Waals surface area contributed by atoms with Crippen LogP contribution in [-0.2, 0) is 4.79 Å². The molecule has 0 unspecified atom stereocenters. The Morgan fingerprint density at radius 2 is 2.16 bits per heavy atom. The SMILES string of the molecule is O=C(O)C1(CNc2cnnc3ccccc23)CCC1. The van der Waals surface area contributed by atoms with Gasteiger partial charge in [0, 0.05) is 11.9 Å². The lowest BCUT2D eigenvalue weighted by atomic mass is 9.69. The number of carboxylic acids is 1. The molecule has 1 aromatic heterocycles. The highest BCUT2D eigenvalue weighted by atomic mass is 16.4. The summed E-state index contributed by atoms with van der Waals surface area (Å²) in [5.74, 6) is -0.711. The molecule has 0 radical (unpaired) electrons. The van der Waals surface area contributed by atoms with Crippen molar-refractivity contribution < 1.29 is 9.90 Å². The van der Waals surface area contributed by atoms with Crippen molar-refractivity contribution in [1.29, 1.82) is 0 Å². The number of aromatic nitrogens is 2. The van der Waals surface area contributed by atoms with E-state index in [0.717, 1.165) is 35.9 Å². The number of hydrogen-bond acceptors (Lipinski definition) is 4. The molecule has 0 saturated heterocycles. The normalized spacial score (nSPS) is 16.8. The van der Waals surface area contributed by atoms with E-state index in [4.69, 9.17) is 0 Å². The maximum atomic E-state index is 11.3. The van der Waals surface area contributed by atoms with E-state index >= 15 is 0 Å². The number of nitrogens with zero attached hydrogens (tertiary/aromatic N) is 2. The van der Waals surface area contributed by atoms with Crippen LogP contribution in [0.5, 0.6) is 0 Å². The summed E-state index contributed by atoms with van der Waals surface area (Å²) in [6.07, 6.45) is 4.12. The summed E-state index contributed by atoms with van der Waals surface area (Å²) in [7, 11) is 0. The van der Waals surface area contributed by atoms with E-state index in [-0.39, 0.29) is 0 Å². The summed E-state index contributed by atoms with van der Waals surface area (Å²) in [6, 6.07) is 7.70. The van der Waals surface area contributed by atoms with Gasteiger partial charge in [-0.1, -0.05) is 24.6 Å². The lowest BCUT2D eigenvalue weighted by Crippen LogP contribution is -2.43. The van der Waals surface area contributed by atoms with Crippen molar-refractivity contribution in [3.8, 4) is 0 Å². The Labute approximate surface area is 110 Å². The molecule has 2 aromatic rings. The molecule has 0 aliphatic heterocycles. The van der Waals surface area contributed by atoms with Crippen LogP contribution in [0.1, 0.15) is 19.3 Å². The zero-order valence-corrected chi connectivity index (χ0v) is 10.5. The minimum absolute atomic E-state index is 0.442. The monoisotopic (exact) mass is 257 g/mol. The van der Waals surface area contributed by atoms with E-state index in [1.54, 1.807) is 6.20 Å². The zero-order valence-electron chi connectivity index (χ0n) is 10.5. The average Bonchev–Trinajstić information content (AvgIpc) is 2.37. The Bertz CT molecular complexity index is 618. The van der Waals surface area contributed by atoms with Crippen LogP contribution in [0.15, 0.2) is 30.5 Å². The Balaban J connectivity index is 1.84. The third-order valence-electron chi connectivity index (χ3n) is 3.93. The maximum Gasteiger partial charge on any atom is 0.311 e. The van der Waals surface area contributed by atoms with Crippen LogP contribution in [-0.4, -0.2) is 27.8 Å². The lowest BCUT2D eigenvalue weighted by Gasteiger charge is -2.37. The molecule has 0 bridgehead atoms. The van der Waals surface area contributed by atoms with Crippen LogP contribution in [0.25, 0.3) is 10.9 Å². The largest absolute Gasteiger partial charge is 0.481 e. The van der Waals surface area contributed by atoms with Crippen molar-refractivity contribution in [3.63, 3.8) is 0 Å². The van der Waals surface area contributed by atoms with Gasteiger partial charge in [0.15, 0.2) is 0 Å². The van der Waals surface area contributed by atoms with Crippen LogP contribution < -0.4 is 5.32 Å². The quantitative estimate of drug-likeness (QED) is 0.879. The summed E-state index contributed by atoms with van der Waals surface area (Å²) >= 11 is 0. The second-order valence-corrected chi connectivity index (χ2v) is 5.07. The van der Waals surface area contributed by atoms with Gasteiger partial charge >= 0.3 is 5.97 Å². The van der Waals surface area contributed by atoms with E-state index in [2.05, 4.69) is 15.5 Å². The van der Waals surface area contributed by atoms with E-state index in [9.17, 15) is 9.90 Å². The van der Waals surface area contributed by atoms with Crippen molar-refractivity contribution in [1.82, 2.24) is 10.2 Å². The van der Waals surface area contributed by atoms with E-state index < -0.39 is 11.4 Å². The van der Waals surface area contributed by atoms with E-state index in [0.29, 0.717) is 6.54 Å². The molecule has 1 aromatic carbocycles. The van der Waals surface area contributed by atoms with Crippen LogP contribution >= 0.6 is 0 Å². The molecule has 3 rings (SSSR count). The summed E-state index contributed by atoms with van der Waals surface area (Å²) in [4.78, 5) is 11.3. The molecule has 98 valence electrons. The fraction of sp³-hybridized carbons (Fsp3) is 0.357. The second-order valence-electron chi connectivity index (χ2n) is 5.07. The van der Waals surface area contributed by atoms with E-state index in [1.165, 1.54) is 0 Å². The van der Waals surface area contributed by atoms with Crippen molar-refractivity contribution in [3.05, 3.63) is 30.5 Å². The number of anilines is 1. The van der Waals surface area contributed by atoms with Crippen LogP contribution in [0.3, 0.4) is 0 Å². The minimum atomic E-state index is -0.711. The van der Waals surface area contributed by atoms with Crippen molar-refractivity contribution in [2.45, 2.75) is 19.3 Å². The number of carboxylic acid groups (broad SMARTS) is 1. The van der Waals surface area contributed by atoms with Crippen LogP contribution in [0.4, 0.5) is 5.69 Å². The van der Waals surface area contributed by atoms with Gasteiger partial charge in [-0.25, -0.2) is 0 Å². The number of fused-ring (bicyclic) bond motifs is 1. The Hall–Kier alpha value is -2.17. The first kappa shape index (κ1) is 11.9. The Kier molecular flexibility index (Phi) is 2.81. The summed E-state index contributed by atoms with van der Waals surface area (Å²) in [5, 5.41) is 21.5. The van der Waals surface area contributed by atoms with Crippen molar-refractivity contribution >= 4 is 22.6 Å². The Morgan fingerprint density at radius 1 is 1.37 bits per heavy atom. The van der Waals surface area contributed by atoms with Gasteiger partial charge in [0.25, 0.3) is 0 Å². The molecular formula is C14H15N3O2. The fourth-order valence-electron chi connectivity index (χ4n) is 2.48. The molecular weight excluding hydrogens is 242 g/mol. The number of rotatable bonds is 4. The highest BCUT2D eigenvalue weighted by Crippen LogP contribution is 2.41. The Morgan fingerprint density at radius 3 is 2.84 bits per heavy atom. The number of aliphatic carboxylic acids is 1. The number of hydrogen-bond donors (Lipinski definition) is 2. The molecule has 1 saturated carbocycles. The molecule has 5 nitrogen and oxygen atoms in total. The highest BCUT2D eigenvalue weighted by molar-refractivity contribution is 5.90. The third-order valence-corrected chi connectivity index (χ3v) is 3.93. The maximum absolute atomic E-state index is 11.3. The summed E-state index contributed by atoms with van der Waals surface area (Å²) in [5.41, 5.74) is 1.05. The fourth-order valence-corrected chi connectivity index (χ4v) is 2.48. The summed E-state index contributed by atoms with van der Waals surface area (Å²) in [6.45, 7) is 0.442. The smallest absolute Gasteiger partial charge is 0.311 e. The zero-order chi connectivity index (χ0) is 13.3. The predicted molar refractivity (Wildman–Crippen MR) is 71.9 cm³/mol. The number of benzene rings is 1. The van der Waals surface area contributed by atoms with Gasteiger partial charge in [-0.05, 0) is 18.9 Å². The first-order valence-electron chi connectivity index (χ1n) is 6.39. The van der Waals surface area contributed by atoms with Gasteiger partial charge < -0.3 is 10.4 Å². The highest BCUT2D eigenvalue weighted by Gasteiger charge is 2.44. The molecule has 0 amide bonds. The first-order chi connectivity index (χ1) is 9.21. The lowest BCUT2D eigenvalue weighted by molar-refractivity contribution is -0.153. The van der Waals surface area contributed by atoms with Gasteiger partial charge in [-0.2, -0.15) is 10.2 Å². The third kappa shape index (κ3) is 2.01. The molecule has 2 N–H and O–H groups in total. The predicted octanol–water partition coefficient (Wildman–Crippen LogP) is 2.30. The van der Waals surface area contributed by atoms with Gasteiger partial charge in [0.05, 0.1) is 22.8 Å². The van der Waals surface area contributed by atoms with Crippen molar-refractivity contribution in [2.75, 3.05) is 11.9 Å². The molecule has 19 heavy (non-hydrogen) atoms. The second kappa shape index (κ2) is 4.50.